The van der Waals surface area contributed by atoms with Gasteiger partial charge in [-0.1, -0.05) is 328 Å². The van der Waals surface area contributed by atoms with Gasteiger partial charge in [0.15, 0.2) is 34.9 Å². The molecule has 6 heteroatoms. The van der Waals surface area contributed by atoms with Gasteiger partial charge >= 0.3 is 0 Å². The summed E-state index contributed by atoms with van der Waals surface area (Å²) in [5, 5.41) is 0. The van der Waals surface area contributed by atoms with Crippen molar-refractivity contribution in [1.82, 2.24) is 29.9 Å². The molecule has 18 rings (SSSR count). The van der Waals surface area contributed by atoms with E-state index in [9.17, 15) is 0 Å². The molecule has 0 aliphatic heterocycles. The highest BCUT2D eigenvalue weighted by atomic mass is 15.0. The molecule has 16 aromatic rings. The summed E-state index contributed by atoms with van der Waals surface area (Å²) in [6.07, 6.45) is 1.68. The Bertz CT molecular complexity index is 5550. The molecular weight excluding hydrogens is 1190 g/mol. The maximum Gasteiger partial charge on any atom is 0.164 e. The molecule has 2 heterocycles. The van der Waals surface area contributed by atoms with E-state index in [0.29, 0.717) is 34.9 Å². The van der Waals surface area contributed by atoms with Gasteiger partial charge in [0.2, 0.25) is 0 Å². The van der Waals surface area contributed by atoms with Gasteiger partial charge in [-0.15, -0.1) is 0 Å². The van der Waals surface area contributed by atoms with Crippen LogP contribution in [0.1, 0.15) is 22.3 Å². The number of aromatic nitrogens is 6. The fourth-order valence-electron chi connectivity index (χ4n) is 14.1. The summed E-state index contributed by atoms with van der Waals surface area (Å²) in [5.41, 5.74) is 30.9. The van der Waals surface area contributed by atoms with Gasteiger partial charge in [0.1, 0.15) is 0 Å². The molecule has 0 saturated carbocycles. The molecule has 0 bridgehead atoms. The lowest BCUT2D eigenvalue weighted by molar-refractivity contribution is 1.07. The second-order valence-corrected chi connectivity index (χ2v) is 24.8. The van der Waals surface area contributed by atoms with E-state index in [1.165, 1.54) is 94.6 Å². The zero-order valence-corrected chi connectivity index (χ0v) is 53.6. The molecule has 14 aromatic carbocycles. The van der Waals surface area contributed by atoms with Crippen LogP contribution in [0, 0.1) is 0 Å². The SMILES string of the molecule is c1ccc(-c2cccc(-c3cccc4c3Cc3c(-c5cccc(-c6nc(-c7ccccc7)nc(-c7ccccc7)n6)c5)cccc3-4)c2)cc1.c1ccc(-c2cccc(-c3nc(-c4ccccc4)nc(-c4cccc5c4Cc4c(-c6cccc(-c7ccccc7)c6)cccc4-5)n3)c2)cc1. The summed E-state index contributed by atoms with van der Waals surface area (Å²) in [6.45, 7) is 0. The molecule has 2 aromatic heterocycles. The molecule has 460 valence electrons. The number of hydrogen-bond acceptors (Lipinski definition) is 6. The standard InChI is InChI=1S/2C46H31N3/c1-4-14-31(15-5-1)34-20-10-22-36(28-34)38-24-12-25-39-40-26-13-27-41(43(40)30-42(38)39)46-48-44(33-18-8-3-9-19-33)47-45(49-46)37-23-11-21-35(29-37)32-16-6-2-7-17-32;1-4-14-31(15-5-1)34-20-10-21-35(28-34)38-24-12-26-40-41-27-13-25-39(43(41)30-42(38)40)36-22-11-23-37(29-36)46-48-44(32-16-6-2-7-17-32)47-45(49-46)33-18-8-3-9-19-33/h2*1-29H,30H2. The molecular formula is C92H62N6. The van der Waals surface area contributed by atoms with E-state index >= 15 is 0 Å². The number of rotatable bonds is 12. The van der Waals surface area contributed by atoms with E-state index in [1.807, 2.05) is 84.9 Å². The molecule has 98 heavy (non-hydrogen) atoms. The molecule has 0 atom stereocenters. The van der Waals surface area contributed by atoms with Crippen molar-refractivity contribution >= 4 is 0 Å². The lowest BCUT2D eigenvalue weighted by Crippen LogP contribution is -2.02. The molecule has 2 aliphatic rings. The van der Waals surface area contributed by atoms with Crippen molar-refractivity contribution < 1.29 is 0 Å². The summed E-state index contributed by atoms with van der Waals surface area (Å²) in [5.74, 6) is 3.99. The number of benzene rings is 14. The second kappa shape index (κ2) is 26.1. The van der Waals surface area contributed by atoms with Crippen molar-refractivity contribution in [2.24, 2.45) is 0 Å². The fourth-order valence-corrected chi connectivity index (χ4v) is 14.1. The second-order valence-electron chi connectivity index (χ2n) is 24.8. The molecule has 0 fully saturated rings. The highest BCUT2D eigenvalue weighted by Gasteiger charge is 2.28. The van der Waals surface area contributed by atoms with Crippen LogP contribution in [-0.2, 0) is 12.8 Å². The van der Waals surface area contributed by atoms with Gasteiger partial charge in [-0.2, -0.15) is 0 Å². The van der Waals surface area contributed by atoms with Gasteiger partial charge in [0.25, 0.3) is 0 Å². The van der Waals surface area contributed by atoms with E-state index in [0.717, 1.165) is 62.9 Å². The Balaban J connectivity index is 0.000000147. The first-order chi connectivity index (χ1) is 48.6. The Labute approximate surface area is 570 Å². The van der Waals surface area contributed by atoms with Gasteiger partial charge in [-0.05, 0) is 142 Å². The van der Waals surface area contributed by atoms with E-state index in [-0.39, 0.29) is 0 Å². The van der Waals surface area contributed by atoms with E-state index < -0.39 is 0 Å². The minimum atomic E-state index is 0.658. The van der Waals surface area contributed by atoms with Crippen molar-refractivity contribution in [2.75, 3.05) is 0 Å². The van der Waals surface area contributed by atoms with Crippen LogP contribution in [0.4, 0.5) is 0 Å². The van der Waals surface area contributed by atoms with Crippen LogP contribution in [0.5, 0.6) is 0 Å². The zero-order chi connectivity index (χ0) is 65.1. The highest BCUT2D eigenvalue weighted by Crippen LogP contribution is 2.48. The van der Waals surface area contributed by atoms with Crippen LogP contribution in [0.25, 0.3) is 157 Å². The molecule has 0 amide bonds. The van der Waals surface area contributed by atoms with E-state index in [1.54, 1.807) is 0 Å². The van der Waals surface area contributed by atoms with Gasteiger partial charge in [0, 0.05) is 39.8 Å². The number of fused-ring (bicyclic) bond motifs is 6. The first-order valence-corrected chi connectivity index (χ1v) is 33.3. The third kappa shape index (κ3) is 11.7. The molecule has 6 nitrogen and oxygen atoms in total. The van der Waals surface area contributed by atoms with Crippen molar-refractivity contribution in [1.29, 1.82) is 0 Å². The highest BCUT2D eigenvalue weighted by molar-refractivity contribution is 5.92. The number of nitrogens with zero attached hydrogens (tertiary/aromatic N) is 6. The summed E-state index contributed by atoms with van der Waals surface area (Å²) < 4.78 is 0. The van der Waals surface area contributed by atoms with Crippen LogP contribution in [0.2, 0.25) is 0 Å². The monoisotopic (exact) mass is 1250 g/mol. The third-order valence-corrected chi connectivity index (χ3v) is 18.8. The van der Waals surface area contributed by atoms with E-state index in [2.05, 4.69) is 267 Å². The zero-order valence-electron chi connectivity index (χ0n) is 53.6. The molecule has 0 radical (unpaired) electrons. The molecule has 0 saturated heterocycles. The smallest absolute Gasteiger partial charge is 0.164 e. The largest absolute Gasteiger partial charge is 0.208 e. The topological polar surface area (TPSA) is 77.3 Å². The van der Waals surface area contributed by atoms with Crippen molar-refractivity contribution in [2.45, 2.75) is 12.8 Å². The summed E-state index contributed by atoms with van der Waals surface area (Å²) in [6, 6.07) is 124. The Morgan fingerprint density at radius 2 is 0.327 bits per heavy atom. The third-order valence-electron chi connectivity index (χ3n) is 18.8. The minimum Gasteiger partial charge on any atom is -0.208 e. The lowest BCUT2D eigenvalue weighted by Gasteiger charge is -2.12. The van der Waals surface area contributed by atoms with Crippen LogP contribution < -0.4 is 0 Å². The van der Waals surface area contributed by atoms with E-state index in [4.69, 9.17) is 29.9 Å². The summed E-state index contributed by atoms with van der Waals surface area (Å²) in [7, 11) is 0. The normalized spacial score (nSPS) is 11.6. The predicted octanol–water partition coefficient (Wildman–Crippen LogP) is 22.9. The van der Waals surface area contributed by atoms with Crippen LogP contribution in [0.3, 0.4) is 0 Å². The molecule has 2 aliphatic carbocycles. The molecule has 0 unspecified atom stereocenters. The van der Waals surface area contributed by atoms with Crippen molar-refractivity contribution in [3.8, 4) is 157 Å². The maximum absolute atomic E-state index is 5.18. The summed E-state index contributed by atoms with van der Waals surface area (Å²) in [4.78, 5) is 30.2. The van der Waals surface area contributed by atoms with Crippen LogP contribution in [-0.4, -0.2) is 29.9 Å². The molecule has 0 spiro atoms. The Morgan fingerprint density at radius 3 is 0.643 bits per heavy atom. The Kier molecular flexibility index (Phi) is 15.7. The average molecular weight is 1250 g/mol. The predicted molar refractivity (Wildman–Crippen MR) is 401 cm³/mol. The van der Waals surface area contributed by atoms with Crippen LogP contribution in [0.15, 0.2) is 352 Å². The Morgan fingerprint density at radius 1 is 0.133 bits per heavy atom. The first kappa shape index (κ1) is 58.9. The first-order valence-electron chi connectivity index (χ1n) is 33.3. The average Bonchev–Trinajstić information content (AvgIpc) is 1.60. The van der Waals surface area contributed by atoms with Gasteiger partial charge in [-0.3, -0.25) is 0 Å². The van der Waals surface area contributed by atoms with Crippen LogP contribution >= 0.6 is 0 Å². The lowest BCUT2D eigenvalue weighted by atomic mass is 9.93. The van der Waals surface area contributed by atoms with Gasteiger partial charge < -0.3 is 0 Å². The Hall–Kier alpha value is -12.9. The maximum atomic E-state index is 5.18. The van der Waals surface area contributed by atoms with Gasteiger partial charge in [-0.25, -0.2) is 29.9 Å². The van der Waals surface area contributed by atoms with Crippen molar-refractivity contribution in [3.63, 3.8) is 0 Å². The van der Waals surface area contributed by atoms with Crippen molar-refractivity contribution in [3.05, 3.63) is 374 Å². The quantitative estimate of drug-likeness (QED) is 0.121. The summed E-state index contributed by atoms with van der Waals surface area (Å²) >= 11 is 0. The molecule has 0 N–H and O–H groups in total. The fraction of sp³-hybridized carbons (Fsp3) is 0.0217. The van der Waals surface area contributed by atoms with Gasteiger partial charge in [0.05, 0.1) is 0 Å². The minimum absolute atomic E-state index is 0.658. The number of hydrogen-bond donors (Lipinski definition) is 0.